The Bertz CT molecular complexity index is 444. The smallest absolute Gasteiger partial charge is 0.227 e. The zero-order valence-corrected chi connectivity index (χ0v) is 10.1. The van der Waals surface area contributed by atoms with Gasteiger partial charge in [0.1, 0.15) is 5.69 Å². The highest BCUT2D eigenvalue weighted by atomic mass is 32.1. The fraction of sp³-hybridized carbons (Fsp3) is 0.500. The van der Waals surface area contributed by atoms with Crippen LogP contribution in [0.25, 0.3) is 11.5 Å². The average Bonchev–Trinajstić information content (AvgIpc) is 2.84. The summed E-state index contributed by atoms with van der Waals surface area (Å²) in [6.07, 6.45) is 1.51. The molecule has 0 aliphatic rings. The molecule has 2 rings (SSSR count). The number of aromatic nitrogens is 3. The van der Waals surface area contributed by atoms with Crippen molar-refractivity contribution in [1.82, 2.24) is 15.1 Å². The van der Waals surface area contributed by atoms with E-state index in [1.54, 1.807) is 5.51 Å². The Morgan fingerprint density at radius 1 is 1.50 bits per heavy atom. The van der Waals surface area contributed by atoms with Gasteiger partial charge in [-0.1, -0.05) is 5.16 Å². The second-order valence-electron chi connectivity index (χ2n) is 4.37. The van der Waals surface area contributed by atoms with Gasteiger partial charge in [0.25, 0.3) is 0 Å². The highest BCUT2D eigenvalue weighted by Crippen LogP contribution is 2.16. The van der Waals surface area contributed by atoms with Gasteiger partial charge >= 0.3 is 0 Å². The van der Waals surface area contributed by atoms with Crippen LogP contribution in [0.1, 0.15) is 26.2 Å². The third-order valence-electron chi connectivity index (χ3n) is 2.11. The van der Waals surface area contributed by atoms with Crippen molar-refractivity contribution in [2.45, 2.75) is 32.2 Å². The Balaban J connectivity index is 2.03. The first kappa shape index (κ1) is 11.2. The molecule has 0 unspecified atom stereocenters. The van der Waals surface area contributed by atoms with E-state index in [0.717, 1.165) is 12.1 Å². The first-order valence-electron chi connectivity index (χ1n) is 5.05. The van der Waals surface area contributed by atoms with Crippen LogP contribution in [-0.2, 0) is 6.42 Å². The van der Waals surface area contributed by atoms with E-state index in [1.807, 2.05) is 19.2 Å². The number of nitrogens with zero attached hydrogens (tertiary/aromatic N) is 3. The van der Waals surface area contributed by atoms with Crippen LogP contribution in [0.15, 0.2) is 15.4 Å². The number of aryl methyl sites for hydroxylation is 1. The standard InChI is InChI=1S/C10H14N4OS/c1-10(2,11)4-3-8-13-9(14-15-8)7-5-16-6-12-7/h5-6H,3-4,11H2,1-2H3. The Kier molecular flexibility index (Phi) is 3.02. The second kappa shape index (κ2) is 4.31. The van der Waals surface area contributed by atoms with E-state index in [9.17, 15) is 0 Å². The zero-order chi connectivity index (χ0) is 11.6. The minimum atomic E-state index is -0.213. The van der Waals surface area contributed by atoms with E-state index >= 15 is 0 Å². The molecule has 0 bridgehead atoms. The molecular weight excluding hydrogens is 224 g/mol. The number of thiazole rings is 1. The monoisotopic (exact) mass is 238 g/mol. The third-order valence-corrected chi connectivity index (χ3v) is 2.70. The zero-order valence-electron chi connectivity index (χ0n) is 9.30. The highest BCUT2D eigenvalue weighted by molar-refractivity contribution is 7.07. The van der Waals surface area contributed by atoms with Gasteiger partial charge in [-0.25, -0.2) is 4.98 Å². The van der Waals surface area contributed by atoms with Crippen LogP contribution in [0.2, 0.25) is 0 Å². The van der Waals surface area contributed by atoms with E-state index in [1.165, 1.54) is 11.3 Å². The van der Waals surface area contributed by atoms with Crippen LogP contribution in [-0.4, -0.2) is 20.7 Å². The molecule has 0 aliphatic carbocycles. The van der Waals surface area contributed by atoms with E-state index in [4.69, 9.17) is 10.3 Å². The van der Waals surface area contributed by atoms with Crippen LogP contribution in [0.3, 0.4) is 0 Å². The van der Waals surface area contributed by atoms with Crippen LogP contribution in [0.5, 0.6) is 0 Å². The third kappa shape index (κ3) is 2.86. The van der Waals surface area contributed by atoms with Crippen LogP contribution >= 0.6 is 11.3 Å². The second-order valence-corrected chi connectivity index (χ2v) is 5.09. The fourth-order valence-corrected chi connectivity index (χ4v) is 1.74. The van der Waals surface area contributed by atoms with Gasteiger partial charge in [-0.15, -0.1) is 11.3 Å². The first-order chi connectivity index (χ1) is 7.54. The SMILES string of the molecule is CC(C)(N)CCc1nc(-c2cscn2)no1. The van der Waals surface area contributed by atoms with E-state index < -0.39 is 0 Å². The summed E-state index contributed by atoms with van der Waals surface area (Å²) in [6, 6.07) is 0. The number of rotatable bonds is 4. The molecule has 2 aromatic rings. The van der Waals surface area contributed by atoms with Crippen molar-refractivity contribution in [3.8, 4) is 11.5 Å². The van der Waals surface area contributed by atoms with Crippen molar-refractivity contribution >= 4 is 11.3 Å². The Hall–Kier alpha value is -1.27. The quantitative estimate of drug-likeness (QED) is 0.879. The van der Waals surface area contributed by atoms with Crippen molar-refractivity contribution in [1.29, 1.82) is 0 Å². The summed E-state index contributed by atoms with van der Waals surface area (Å²) in [6.45, 7) is 3.95. The minimum absolute atomic E-state index is 0.213. The number of hydrogen-bond acceptors (Lipinski definition) is 6. The van der Waals surface area contributed by atoms with Crippen molar-refractivity contribution in [2.75, 3.05) is 0 Å². The van der Waals surface area contributed by atoms with Crippen molar-refractivity contribution in [3.63, 3.8) is 0 Å². The van der Waals surface area contributed by atoms with Gasteiger partial charge in [-0.3, -0.25) is 0 Å². The summed E-state index contributed by atoms with van der Waals surface area (Å²) in [7, 11) is 0. The lowest BCUT2D eigenvalue weighted by Crippen LogP contribution is -2.32. The molecule has 5 nitrogen and oxygen atoms in total. The molecule has 86 valence electrons. The Morgan fingerprint density at radius 3 is 2.94 bits per heavy atom. The van der Waals surface area contributed by atoms with Gasteiger partial charge in [-0.05, 0) is 20.3 Å². The van der Waals surface area contributed by atoms with Crippen LogP contribution < -0.4 is 5.73 Å². The predicted octanol–water partition coefficient (Wildman–Crippen LogP) is 1.86. The fourth-order valence-electron chi connectivity index (χ4n) is 1.21. The van der Waals surface area contributed by atoms with Crippen molar-refractivity contribution in [2.24, 2.45) is 5.73 Å². The molecular formula is C10H14N4OS. The van der Waals surface area contributed by atoms with E-state index in [-0.39, 0.29) is 5.54 Å². The number of nitrogens with two attached hydrogens (primary N) is 1. The van der Waals surface area contributed by atoms with Crippen LogP contribution in [0, 0.1) is 0 Å². The maximum Gasteiger partial charge on any atom is 0.227 e. The Morgan fingerprint density at radius 2 is 2.31 bits per heavy atom. The van der Waals surface area contributed by atoms with Gasteiger partial charge in [0.2, 0.25) is 11.7 Å². The molecule has 0 saturated heterocycles. The lowest BCUT2D eigenvalue weighted by Gasteiger charge is -2.16. The minimum Gasteiger partial charge on any atom is -0.339 e. The summed E-state index contributed by atoms with van der Waals surface area (Å²) in [5, 5.41) is 5.77. The average molecular weight is 238 g/mol. The maximum atomic E-state index is 5.88. The van der Waals surface area contributed by atoms with Crippen molar-refractivity contribution < 1.29 is 4.52 Å². The topological polar surface area (TPSA) is 77.8 Å². The summed E-state index contributed by atoms with van der Waals surface area (Å²) < 4.78 is 5.13. The first-order valence-corrected chi connectivity index (χ1v) is 5.99. The molecule has 2 N–H and O–H groups in total. The normalized spacial score (nSPS) is 11.9. The molecule has 2 heterocycles. The molecule has 0 radical (unpaired) electrons. The predicted molar refractivity (Wildman–Crippen MR) is 62.0 cm³/mol. The molecule has 16 heavy (non-hydrogen) atoms. The molecule has 0 amide bonds. The van der Waals surface area contributed by atoms with Gasteiger partial charge < -0.3 is 10.3 Å². The van der Waals surface area contributed by atoms with E-state index in [0.29, 0.717) is 18.1 Å². The number of hydrogen-bond donors (Lipinski definition) is 1. The largest absolute Gasteiger partial charge is 0.339 e. The molecule has 0 aromatic carbocycles. The van der Waals surface area contributed by atoms with Gasteiger partial charge in [0.15, 0.2) is 0 Å². The molecule has 2 aromatic heterocycles. The highest BCUT2D eigenvalue weighted by Gasteiger charge is 2.15. The van der Waals surface area contributed by atoms with E-state index in [2.05, 4.69) is 15.1 Å². The molecule has 0 saturated carbocycles. The molecule has 0 atom stereocenters. The maximum absolute atomic E-state index is 5.88. The summed E-state index contributed by atoms with van der Waals surface area (Å²) in [4.78, 5) is 8.38. The molecule has 0 fully saturated rings. The Labute approximate surface area is 97.7 Å². The van der Waals surface area contributed by atoms with Gasteiger partial charge in [0.05, 0.1) is 5.51 Å². The molecule has 0 spiro atoms. The molecule has 6 heteroatoms. The van der Waals surface area contributed by atoms with Crippen molar-refractivity contribution in [3.05, 3.63) is 16.8 Å². The van der Waals surface area contributed by atoms with Crippen LogP contribution in [0.4, 0.5) is 0 Å². The lowest BCUT2D eigenvalue weighted by atomic mass is 10.0. The summed E-state index contributed by atoms with van der Waals surface area (Å²) >= 11 is 1.51. The van der Waals surface area contributed by atoms with Gasteiger partial charge in [0, 0.05) is 17.3 Å². The molecule has 0 aliphatic heterocycles. The summed E-state index contributed by atoms with van der Waals surface area (Å²) in [5.41, 5.74) is 8.17. The van der Waals surface area contributed by atoms with Gasteiger partial charge in [-0.2, -0.15) is 4.98 Å². The lowest BCUT2D eigenvalue weighted by molar-refractivity contribution is 0.358. The summed E-state index contributed by atoms with van der Waals surface area (Å²) in [5.74, 6) is 1.16.